The van der Waals surface area contributed by atoms with Crippen LogP contribution in [0.25, 0.3) is 0 Å². The van der Waals surface area contributed by atoms with Gasteiger partial charge in [-0.25, -0.2) is 8.42 Å². The Balaban J connectivity index is 1.52. The smallest absolute Gasteiger partial charge is 0.261 e. The molecule has 4 rings (SSSR count). The molecule has 2 saturated heterocycles. The van der Waals surface area contributed by atoms with Gasteiger partial charge in [-0.15, -0.1) is 0 Å². The molecule has 2 aliphatic rings. The molecule has 2 aromatic rings. The molecule has 0 unspecified atom stereocenters. The minimum atomic E-state index is -3.83. The minimum Gasteiger partial charge on any atom is -0.497 e. The fourth-order valence-electron chi connectivity index (χ4n) is 4.52. The van der Waals surface area contributed by atoms with Gasteiger partial charge in [-0.05, 0) is 61.2 Å². The van der Waals surface area contributed by atoms with Gasteiger partial charge >= 0.3 is 0 Å². The second-order valence-electron chi connectivity index (χ2n) is 9.39. The normalized spacial score (nSPS) is 17.6. The molecule has 2 heterocycles. The molecule has 0 radical (unpaired) electrons. The highest BCUT2D eigenvalue weighted by atomic mass is 32.2. The Morgan fingerprint density at radius 2 is 1.75 bits per heavy atom. The van der Waals surface area contributed by atoms with Crippen molar-refractivity contribution in [2.45, 2.75) is 24.7 Å². The van der Waals surface area contributed by atoms with Gasteiger partial charge in [0.25, 0.3) is 15.9 Å². The first-order chi connectivity index (χ1) is 17.4. The van der Waals surface area contributed by atoms with E-state index in [1.54, 1.807) is 24.3 Å². The summed E-state index contributed by atoms with van der Waals surface area (Å²) in [6.07, 6.45) is 2.12. The molecule has 36 heavy (non-hydrogen) atoms. The highest BCUT2D eigenvalue weighted by molar-refractivity contribution is 7.92. The van der Waals surface area contributed by atoms with Crippen LogP contribution >= 0.6 is 0 Å². The number of piperidine rings is 1. The van der Waals surface area contributed by atoms with E-state index in [-0.39, 0.29) is 10.8 Å². The molecule has 2 fully saturated rings. The van der Waals surface area contributed by atoms with Crippen molar-refractivity contribution < 1.29 is 22.7 Å². The van der Waals surface area contributed by atoms with Crippen LogP contribution in [0.4, 0.5) is 11.4 Å². The SMILES string of the molecule is COc1ccc(S(=O)(=O)Nc2ccc(N3CCC(C)CC3)c(C(=O)NCCN3CCOCC3)c2)cc1. The zero-order valence-corrected chi connectivity index (χ0v) is 21.9. The summed E-state index contributed by atoms with van der Waals surface area (Å²) in [5, 5.41) is 3.03. The van der Waals surface area contributed by atoms with E-state index in [2.05, 4.69) is 26.8 Å². The molecule has 196 valence electrons. The average molecular weight is 517 g/mol. The maximum Gasteiger partial charge on any atom is 0.261 e. The van der Waals surface area contributed by atoms with Crippen LogP contribution < -0.4 is 19.7 Å². The van der Waals surface area contributed by atoms with Crippen LogP contribution in [0, 0.1) is 5.92 Å². The lowest BCUT2D eigenvalue weighted by atomic mass is 9.98. The molecule has 2 N–H and O–H groups in total. The summed E-state index contributed by atoms with van der Waals surface area (Å²) in [4.78, 5) is 17.9. The molecule has 10 heteroatoms. The molecule has 0 bridgehead atoms. The second kappa shape index (κ2) is 11.9. The number of ether oxygens (including phenoxy) is 2. The summed E-state index contributed by atoms with van der Waals surface area (Å²) in [6.45, 7) is 8.37. The Kier molecular flexibility index (Phi) is 8.71. The summed E-state index contributed by atoms with van der Waals surface area (Å²) in [5.41, 5.74) is 1.65. The number of amides is 1. The van der Waals surface area contributed by atoms with E-state index in [1.807, 2.05) is 6.07 Å². The van der Waals surface area contributed by atoms with Crippen molar-refractivity contribution in [3.8, 4) is 5.75 Å². The number of benzene rings is 2. The number of nitrogens with zero attached hydrogens (tertiary/aromatic N) is 2. The van der Waals surface area contributed by atoms with Crippen LogP contribution in [0.3, 0.4) is 0 Å². The van der Waals surface area contributed by atoms with Crippen LogP contribution in [-0.2, 0) is 14.8 Å². The number of hydrogen-bond acceptors (Lipinski definition) is 7. The Morgan fingerprint density at radius 3 is 2.42 bits per heavy atom. The monoisotopic (exact) mass is 516 g/mol. The van der Waals surface area contributed by atoms with E-state index in [4.69, 9.17) is 9.47 Å². The van der Waals surface area contributed by atoms with Gasteiger partial charge in [-0.1, -0.05) is 6.92 Å². The topological polar surface area (TPSA) is 100 Å². The molecule has 0 aromatic heterocycles. The number of hydrogen-bond donors (Lipinski definition) is 2. The summed E-state index contributed by atoms with van der Waals surface area (Å²) in [5.74, 6) is 1.02. The van der Waals surface area contributed by atoms with Crippen LogP contribution in [-0.4, -0.2) is 78.8 Å². The quantitative estimate of drug-likeness (QED) is 0.529. The first-order valence-corrected chi connectivity index (χ1v) is 14.0. The van der Waals surface area contributed by atoms with Crippen molar-refractivity contribution in [1.82, 2.24) is 10.2 Å². The van der Waals surface area contributed by atoms with Crippen LogP contribution in [0.2, 0.25) is 0 Å². The van der Waals surface area contributed by atoms with Crippen LogP contribution in [0.5, 0.6) is 5.75 Å². The molecule has 9 nitrogen and oxygen atoms in total. The summed E-state index contributed by atoms with van der Waals surface area (Å²) in [6, 6.07) is 11.4. The number of carbonyl (C=O) groups excluding carboxylic acids is 1. The molecular formula is C26H36N4O5S. The number of carbonyl (C=O) groups is 1. The molecule has 2 aliphatic heterocycles. The fourth-order valence-corrected chi connectivity index (χ4v) is 5.57. The van der Waals surface area contributed by atoms with Gasteiger partial charge in [0.1, 0.15) is 5.75 Å². The van der Waals surface area contributed by atoms with Gasteiger partial charge in [0.2, 0.25) is 0 Å². The van der Waals surface area contributed by atoms with E-state index in [0.29, 0.717) is 42.7 Å². The molecule has 0 saturated carbocycles. The highest BCUT2D eigenvalue weighted by Gasteiger charge is 2.23. The van der Waals surface area contributed by atoms with E-state index in [0.717, 1.165) is 51.3 Å². The second-order valence-corrected chi connectivity index (χ2v) is 11.1. The van der Waals surface area contributed by atoms with Gasteiger partial charge in [0.15, 0.2) is 0 Å². The van der Waals surface area contributed by atoms with E-state index in [9.17, 15) is 13.2 Å². The first-order valence-electron chi connectivity index (χ1n) is 12.5. The van der Waals surface area contributed by atoms with Crippen molar-refractivity contribution in [3.05, 3.63) is 48.0 Å². The Hall–Kier alpha value is -2.82. The third-order valence-electron chi connectivity index (χ3n) is 6.80. The maximum absolute atomic E-state index is 13.3. The number of methoxy groups -OCH3 is 1. The number of anilines is 2. The Bertz CT molecular complexity index is 1130. The fraction of sp³-hybridized carbons (Fsp3) is 0.500. The van der Waals surface area contributed by atoms with Crippen molar-refractivity contribution in [2.24, 2.45) is 5.92 Å². The first kappa shape index (κ1) is 26.2. The van der Waals surface area contributed by atoms with Gasteiger partial charge < -0.3 is 19.7 Å². The van der Waals surface area contributed by atoms with Crippen molar-refractivity contribution in [1.29, 1.82) is 0 Å². The number of nitrogens with one attached hydrogen (secondary N) is 2. The average Bonchev–Trinajstić information content (AvgIpc) is 2.89. The summed E-state index contributed by atoms with van der Waals surface area (Å²) in [7, 11) is -2.30. The largest absolute Gasteiger partial charge is 0.497 e. The number of morpholine rings is 1. The van der Waals surface area contributed by atoms with Crippen LogP contribution in [0.15, 0.2) is 47.4 Å². The Morgan fingerprint density at radius 1 is 1.06 bits per heavy atom. The summed E-state index contributed by atoms with van der Waals surface area (Å²) >= 11 is 0. The van der Waals surface area contributed by atoms with Gasteiger partial charge in [0, 0.05) is 50.6 Å². The minimum absolute atomic E-state index is 0.119. The molecule has 1 amide bonds. The molecule has 0 atom stereocenters. The molecular weight excluding hydrogens is 480 g/mol. The van der Waals surface area contributed by atoms with E-state index in [1.165, 1.54) is 19.2 Å². The predicted molar refractivity (Wildman–Crippen MR) is 140 cm³/mol. The van der Waals surface area contributed by atoms with Crippen LogP contribution in [0.1, 0.15) is 30.1 Å². The Labute approximate surface area is 213 Å². The summed E-state index contributed by atoms with van der Waals surface area (Å²) < 4.78 is 39.1. The zero-order valence-electron chi connectivity index (χ0n) is 21.0. The van der Waals surface area contributed by atoms with Gasteiger partial charge in [-0.2, -0.15) is 0 Å². The lowest BCUT2D eigenvalue weighted by Crippen LogP contribution is -2.41. The number of rotatable bonds is 9. The van der Waals surface area contributed by atoms with E-state index < -0.39 is 10.0 Å². The lowest BCUT2D eigenvalue weighted by Gasteiger charge is -2.33. The molecule has 2 aromatic carbocycles. The number of sulfonamides is 1. The third-order valence-corrected chi connectivity index (χ3v) is 8.20. The van der Waals surface area contributed by atoms with Gasteiger partial charge in [-0.3, -0.25) is 14.4 Å². The van der Waals surface area contributed by atoms with E-state index >= 15 is 0 Å². The highest BCUT2D eigenvalue weighted by Crippen LogP contribution is 2.30. The van der Waals surface area contributed by atoms with Crippen molar-refractivity contribution in [2.75, 3.05) is 69.2 Å². The molecule has 0 aliphatic carbocycles. The maximum atomic E-state index is 13.3. The standard InChI is InChI=1S/C26H36N4O5S/c1-20-9-12-30(13-10-20)25-8-3-21(28-36(32,33)23-6-4-22(34-2)5-7-23)19-24(25)26(31)27-11-14-29-15-17-35-18-16-29/h3-8,19-20,28H,9-18H2,1-2H3,(H,27,31). The van der Waals surface area contributed by atoms with Crippen molar-refractivity contribution in [3.63, 3.8) is 0 Å². The molecule has 0 spiro atoms. The van der Waals surface area contributed by atoms with Gasteiger partial charge in [0.05, 0.1) is 30.8 Å². The lowest BCUT2D eigenvalue weighted by molar-refractivity contribution is 0.0383. The van der Waals surface area contributed by atoms with Crippen molar-refractivity contribution >= 4 is 27.3 Å². The predicted octanol–water partition coefficient (Wildman–Crippen LogP) is 2.79. The third kappa shape index (κ3) is 6.68. The zero-order chi connectivity index (χ0) is 25.5.